The number of hydrogen-bond acceptors (Lipinski definition) is 2. The molecule has 0 aliphatic heterocycles. The number of nitrogens with one attached hydrogen (secondary N) is 2. The van der Waals surface area contributed by atoms with Crippen LogP contribution in [-0.2, 0) is 11.3 Å². The maximum atomic E-state index is 12.9. The Hall–Kier alpha value is -1.88. The highest BCUT2D eigenvalue weighted by molar-refractivity contribution is 9.10. The monoisotopic (exact) mass is 350 g/mol. The van der Waals surface area contributed by atoms with Gasteiger partial charge >= 0.3 is 0 Å². The summed E-state index contributed by atoms with van der Waals surface area (Å²) >= 11 is 3.52. The summed E-state index contributed by atoms with van der Waals surface area (Å²) in [6, 6.07) is 10.1. The SMILES string of the molecule is CC(=O)Nc1cc(C)cc(Br)c1CNc1ccc(F)cc1. The van der Waals surface area contributed by atoms with Crippen molar-refractivity contribution in [3.8, 4) is 0 Å². The third-order valence-electron chi connectivity index (χ3n) is 2.96. The first kappa shape index (κ1) is 15.5. The number of amides is 1. The van der Waals surface area contributed by atoms with Crippen molar-refractivity contribution >= 4 is 33.2 Å². The lowest BCUT2D eigenvalue weighted by atomic mass is 10.1. The molecule has 0 fully saturated rings. The average Bonchev–Trinajstić information content (AvgIpc) is 2.39. The van der Waals surface area contributed by atoms with Crippen molar-refractivity contribution in [3.63, 3.8) is 0 Å². The quantitative estimate of drug-likeness (QED) is 0.854. The summed E-state index contributed by atoms with van der Waals surface area (Å²) in [7, 11) is 0. The first-order valence-electron chi connectivity index (χ1n) is 6.52. The van der Waals surface area contributed by atoms with Gasteiger partial charge in [-0.2, -0.15) is 0 Å². The molecule has 0 saturated carbocycles. The third-order valence-corrected chi connectivity index (χ3v) is 3.67. The predicted molar refractivity (Wildman–Crippen MR) is 86.9 cm³/mol. The molecule has 0 aromatic heterocycles. The summed E-state index contributed by atoms with van der Waals surface area (Å²) in [6.07, 6.45) is 0. The molecule has 0 heterocycles. The Morgan fingerprint density at radius 3 is 2.52 bits per heavy atom. The fourth-order valence-electron chi connectivity index (χ4n) is 2.01. The first-order valence-corrected chi connectivity index (χ1v) is 7.31. The van der Waals surface area contributed by atoms with Crippen LogP contribution in [0.5, 0.6) is 0 Å². The summed E-state index contributed by atoms with van der Waals surface area (Å²) < 4.78 is 13.8. The van der Waals surface area contributed by atoms with E-state index < -0.39 is 0 Å². The molecule has 2 N–H and O–H groups in total. The molecule has 0 aliphatic rings. The molecule has 2 aromatic carbocycles. The minimum atomic E-state index is -0.268. The Morgan fingerprint density at radius 1 is 1.24 bits per heavy atom. The lowest BCUT2D eigenvalue weighted by molar-refractivity contribution is -0.114. The van der Waals surface area contributed by atoms with Gasteiger partial charge in [0.2, 0.25) is 5.91 Å². The molecule has 21 heavy (non-hydrogen) atoms. The molecule has 110 valence electrons. The Labute approximate surface area is 131 Å². The molecule has 1 amide bonds. The fraction of sp³-hybridized carbons (Fsp3) is 0.188. The van der Waals surface area contributed by atoms with E-state index in [1.807, 2.05) is 19.1 Å². The average molecular weight is 351 g/mol. The number of carbonyl (C=O) groups excluding carboxylic acids is 1. The van der Waals surface area contributed by atoms with Gasteiger partial charge in [0.25, 0.3) is 0 Å². The number of rotatable bonds is 4. The van der Waals surface area contributed by atoms with Crippen LogP contribution in [0, 0.1) is 12.7 Å². The minimum Gasteiger partial charge on any atom is -0.381 e. The largest absolute Gasteiger partial charge is 0.381 e. The van der Waals surface area contributed by atoms with Crippen LogP contribution >= 0.6 is 15.9 Å². The van der Waals surface area contributed by atoms with Crippen molar-refractivity contribution < 1.29 is 9.18 Å². The zero-order valence-corrected chi connectivity index (χ0v) is 13.4. The van der Waals surface area contributed by atoms with Gasteiger partial charge in [0, 0.05) is 34.9 Å². The highest BCUT2D eigenvalue weighted by Crippen LogP contribution is 2.28. The Kier molecular flexibility index (Phi) is 4.96. The van der Waals surface area contributed by atoms with Gasteiger partial charge in [-0.15, -0.1) is 0 Å². The van der Waals surface area contributed by atoms with Gasteiger partial charge in [-0.1, -0.05) is 15.9 Å². The van der Waals surface area contributed by atoms with Gasteiger partial charge in [-0.05, 0) is 48.9 Å². The number of benzene rings is 2. The molecule has 2 rings (SSSR count). The third kappa shape index (κ3) is 4.29. The molecule has 5 heteroatoms. The van der Waals surface area contributed by atoms with Crippen molar-refractivity contribution in [2.75, 3.05) is 10.6 Å². The lowest BCUT2D eigenvalue weighted by Gasteiger charge is -2.15. The van der Waals surface area contributed by atoms with Gasteiger partial charge in [0.1, 0.15) is 5.82 Å². The normalized spacial score (nSPS) is 10.3. The van der Waals surface area contributed by atoms with Crippen LogP contribution in [-0.4, -0.2) is 5.91 Å². The van der Waals surface area contributed by atoms with Crippen molar-refractivity contribution in [1.82, 2.24) is 0 Å². The maximum Gasteiger partial charge on any atom is 0.221 e. The van der Waals surface area contributed by atoms with Gasteiger partial charge in [0.15, 0.2) is 0 Å². The first-order chi connectivity index (χ1) is 9.95. The van der Waals surface area contributed by atoms with E-state index in [2.05, 4.69) is 26.6 Å². The standard InChI is InChI=1S/C16H16BrFN2O/c1-10-7-15(17)14(16(8-10)20-11(2)21)9-19-13-5-3-12(18)4-6-13/h3-8,19H,9H2,1-2H3,(H,20,21). The second-order valence-electron chi connectivity index (χ2n) is 4.81. The van der Waals surface area contributed by atoms with E-state index in [0.717, 1.165) is 27.0 Å². The molecular formula is C16H16BrFN2O. The Bertz CT molecular complexity index is 656. The summed E-state index contributed by atoms with van der Waals surface area (Å²) in [4.78, 5) is 11.3. The number of hydrogen-bond donors (Lipinski definition) is 2. The molecule has 0 saturated heterocycles. The number of halogens is 2. The molecular weight excluding hydrogens is 335 g/mol. The Balaban J connectivity index is 2.21. The van der Waals surface area contributed by atoms with Gasteiger partial charge in [0.05, 0.1) is 0 Å². The number of anilines is 2. The highest BCUT2D eigenvalue weighted by atomic mass is 79.9. The van der Waals surface area contributed by atoms with E-state index in [9.17, 15) is 9.18 Å². The van der Waals surface area contributed by atoms with Gasteiger partial charge in [-0.3, -0.25) is 4.79 Å². The fourth-order valence-corrected chi connectivity index (χ4v) is 2.73. The predicted octanol–water partition coefficient (Wildman–Crippen LogP) is 4.47. The van der Waals surface area contributed by atoms with Crippen LogP contribution in [0.15, 0.2) is 40.9 Å². The second-order valence-corrected chi connectivity index (χ2v) is 5.67. The smallest absolute Gasteiger partial charge is 0.221 e. The zero-order chi connectivity index (χ0) is 15.4. The minimum absolute atomic E-state index is 0.115. The molecule has 0 spiro atoms. The van der Waals surface area contributed by atoms with Crippen LogP contribution in [0.3, 0.4) is 0 Å². The summed E-state index contributed by atoms with van der Waals surface area (Å²) in [5.41, 5.74) is 3.58. The van der Waals surface area contributed by atoms with E-state index in [1.54, 1.807) is 12.1 Å². The van der Waals surface area contributed by atoms with Crippen molar-refractivity contribution in [1.29, 1.82) is 0 Å². The van der Waals surface area contributed by atoms with Crippen molar-refractivity contribution in [3.05, 3.63) is 57.8 Å². The van der Waals surface area contributed by atoms with E-state index >= 15 is 0 Å². The molecule has 0 unspecified atom stereocenters. The van der Waals surface area contributed by atoms with E-state index in [1.165, 1.54) is 19.1 Å². The summed E-state index contributed by atoms with van der Waals surface area (Å²) in [5.74, 6) is -0.383. The molecule has 3 nitrogen and oxygen atoms in total. The molecule has 0 aliphatic carbocycles. The second kappa shape index (κ2) is 6.72. The number of aryl methyl sites for hydroxylation is 1. The molecule has 2 aromatic rings. The van der Waals surface area contributed by atoms with Crippen LogP contribution in [0.2, 0.25) is 0 Å². The molecule has 0 bridgehead atoms. The topological polar surface area (TPSA) is 41.1 Å². The lowest BCUT2D eigenvalue weighted by Crippen LogP contribution is -2.11. The Morgan fingerprint density at radius 2 is 1.90 bits per heavy atom. The van der Waals surface area contributed by atoms with E-state index in [0.29, 0.717) is 6.54 Å². The van der Waals surface area contributed by atoms with Crippen LogP contribution in [0.4, 0.5) is 15.8 Å². The van der Waals surface area contributed by atoms with Crippen LogP contribution in [0.25, 0.3) is 0 Å². The van der Waals surface area contributed by atoms with Gasteiger partial charge in [-0.25, -0.2) is 4.39 Å². The van der Waals surface area contributed by atoms with E-state index in [4.69, 9.17) is 0 Å². The van der Waals surface area contributed by atoms with Crippen molar-refractivity contribution in [2.45, 2.75) is 20.4 Å². The molecule has 0 atom stereocenters. The highest BCUT2D eigenvalue weighted by Gasteiger charge is 2.09. The number of carbonyl (C=O) groups is 1. The zero-order valence-electron chi connectivity index (χ0n) is 11.8. The van der Waals surface area contributed by atoms with E-state index in [-0.39, 0.29) is 11.7 Å². The maximum absolute atomic E-state index is 12.9. The molecule has 0 radical (unpaired) electrons. The van der Waals surface area contributed by atoms with Crippen LogP contribution < -0.4 is 10.6 Å². The summed E-state index contributed by atoms with van der Waals surface area (Å²) in [5, 5.41) is 6.05. The summed E-state index contributed by atoms with van der Waals surface area (Å²) in [6.45, 7) is 3.96. The van der Waals surface area contributed by atoms with Crippen LogP contribution in [0.1, 0.15) is 18.1 Å². The van der Waals surface area contributed by atoms with Gasteiger partial charge < -0.3 is 10.6 Å². The van der Waals surface area contributed by atoms with Crippen molar-refractivity contribution in [2.24, 2.45) is 0 Å².